The summed E-state index contributed by atoms with van der Waals surface area (Å²) < 4.78 is 9.92. The molecule has 0 aliphatic carbocycles. The van der Waals surface area contributed by atoms with E-state index in [1.165, 1.54) is 7.11 Å². The van der Waals surface area contributed by atoms with E-state index in [0.29, 0.717) is 0 Å². The second-order valence-corrected chi connectivity index (χ2v) is 2.82. The van der Waals surface area contributed by atoms with Crippen LogP contribution in [0.2, 0.25) is 0 Å². The van der Waals surface area contributed by atoms with E-state index in [-0.39, 0.29) is 13.0 Å². The Balaban J connectivity index is 2.52. The summed E-state index contributed by atoms with van der Waals surface area (Å²) in [5.41, 5.74) is 0. The van der Waals surface area contributed by atoms with Crippen molar-refractivity contribution in [2.75, 3.05) is 13.7 Å². The lowest BCUT2D eigenvalue weighted by atomic mass is 10.0. The fourth-order valence-corrected chi connectivity index (χ4v) is 1.22. The number of aliphatic hydroxyl groups excluding tert-OH is 3. The molecule has 1 fully saturated rings. The zero-order chi connectivity index (χ0) is 9.14. The first-order valence-electron chi connectivity index (χ1n) is 3.84. The Bertz CT molecular complexity index is 140. The lowest BCUT2D eigenvalue weighted by Gasteiger charge is -2.35. The molecule has 3 N–H and O–H groups in total. The van der Waals surface area contributed by atoms with Gasteiger partial charge in [0.1, 0.15) is 12.2 Å². The number of hydrogen-bond donors (Lipinski definition) is 3. The van der Waals surface area contributed by atoms with E-state index in [2.05, 4.69) is 0 Å². The van der Waals surface area contributed by atoms with Gasteiger partial charge >= 0.3 is 0 Å². The van der Waals surface area contributed by atoms with Gasteiger partial charge in [0.05, 0.1) is 12.7 Å². The summed E-state index contributed by atoms with van der Waals surface area (Å²) in [7, 11) is 1.45. The molecule has 0 radical (unpaired) electrons. The molecule has 72 valence electrons. The smallest absolute Gasteiger partial charge is 0.160 e. The van der Waals surface area contributed by atoms with Gasteiger partial charge in [-0.2, -0.15) is 0 Å². The molecule has 1 aliphatic heterocycles. The molecule has 0 bridgehead atoms. The van der Waals surface area contributed by atoms with Gasteiger partial charge in [-0.05, 0) is 0 Å². The molecule has 0 aromatic carbocycles. The van der Waals surface area contributed by atoms with Gasteiger partial charge in [-0.15, -0.1) is 0 Å². The average Bonchev–Trinajstić information content (AvgIpc) is 2.09. The van der Waals surface area contributed by atoms with Crippen molar-refractivity contribution in [3.05, 3.63) is 0 Å². The van der Waals surface area contributed by atoms with Crippen LogP contribution in [0.1, 0.15) is 6.42 Å². The van der Waals surface area contributed by atoms with Crippen molar-refractivity contribution in [1.29, 1.82) is 0 Å². The number of methoxy groups -OCH3 is 1. The van der Waals surface area contributed by atoms with Crippen LogP contribution in [-0.4, -0.2) is 53.6 Å². The standard InChI is InChI=1S/C7H14O5/c1-11-6-2-4(9)7(10)5(3-8)12-6/h4-10H,2-3H2,1H3/t4-,5-,6-,7-/m0/s1. The Morgan fingerprint density at radius 3 is 2.67 bits per heavy atom. The number of rotatable bonds is 2. The first kappa shape index (κ1) is 9.88. The van der Waals surface area contributed by atoms with Crippen LogP contribution in [0, 0.1) is 0 Å². The fourth-order valence-electron chi connectivity index (χ4n) is 1.22. The predicted molar refractivity (Wildman–Crippen MR) is 39.4 cm³/mol. The van der Waals surface area contributed by atoms with Crippen molar-refractivity contribution in [3.63, 3.8) is 0 Å². The molecule has 0 amide bonds. The maximum absolute atomic E-state index is 9.26. The van der Waals surface area contributed by atoms with Crippen LogP contribution in [0.4, 0.5) is 0 Å². The summed E-state index contributed by atoms with van der Waals surface area (Å²) in [6, 6.07) is 0. The molecule has 1 rings (SSSR count). The Morgan fingerprint density at radius 1 is 1.50 bits per heavy atom. The number of aliphatic hydroxyl groups is 3. The maximum Gasteiger partial charge on any atom is 0.160 e. The topological polar surface area (TPSA) is 79.2 Å². The zero-order valence-electron chi connectivity index (χ0n) is 6.88. The largest absolute Gasteiger partial charge is 0.394 e. The first-order valence-corrected chi connectivity index (χ1v) is 3.84. The van der Waals surface area contributed by atoms with Gasteiger partial charge in [0.15, 0.2) is 6.29 Å². The summed E-state index contributed by atoms with van der Waals surface area (Å²) in [6.07, 6.45) is -2.98. The summed E-state index contributed by atoms with van der Waals surface area (Å²) in [5, 5.41) is 27.3. The lowest BCUT2D eigenvalue weighted by Crippen LogP contribution is -2.50. The molecule has 12 heavy (non-hydrogen) atoms. The summed E-state index contributed by atoms with van der Waals surface area (Å²) in [6.45, 7) is -0.321. The van der Waals surface area contributed by atoms with E-state index < -0.39 is 24.6 Å². The molecule has 5 heteroatoms. The molecule has 1 aliphatic rings. The molecule has 5 nitrogen and oxygen atoms in total. The minimum absolute atomic E-state index is 0.230. The van der Waals surface area contributed by atoms with Crippen molar-refractivity contribution in [3.8, 4) is 0 Å². The van der Waals surface area contributed by atoms with Crippen molar-refractivity contribution >= 4 is 0 Å². The second-order valence-electron chi connectivity index (χ2n) is 2.82. The van der Waals surface area contributed by atoms with Crippen molar-refractivity contribution in [2.45, 2.75) is 31.0 Å². The van der Waals surface area contributed by atoms with Gasteiger partial charge in [0.25, 0.3) is 0 Å². The third-order valence-corrected chi connectivity index (χ3v) is 1.98. The van der Waals surface area contributed by atoms with Crippen LogP contribution >= 0.6 is 0 Å². The Morgan fingerprint density at radius 2 is 2.17 bits per heavy atom. The van der Waals surface area contributed by atoms with Gasteiger partial charge in [-0.1, -0.05) is 0 Å². The Kier molecular flexibility index (Phi) is 3.42. The lowest BCUT2D eigenvalue weighted by molar-refractivity contribution is -0.248. The van der Waals surface area contributed by atoms with Crippen LogP contribution in [0.15, 0.2) is 0 Å². The third kappa shape index (κ3) is 1.94. The first-order chi connectivity index (χ1) is 5.69. The van der Waals surface area contributed by atoms with Crippen LogP contribution in [0.5, 0.6) is 0 Å². The fraction of sp³-hybridized carbons (Fsp3) is 1.00. The van der Waals surface area contributed by atoms with Crippen LogP contribution in [0.25, 0.3) is 0 Å². The van der Waals surface area contributed by atoms with Gasteiger partial charge < -0.3 is 24.8 Å². The molecular formula is C7H14O5. The molecule has 0 unspecified atom stereocenters. The van der Waals surface area contributed by atoms with E-state index >= 15 is 0 Å². The van der Waals surface area contributed by atoms with E-state index in [9.17, 15) is 10.2 Å². The molecule has 0 aromatic heterocycles. The third-order valence-electron chi connectivity index (χ3n) is 1.98. The van der Waals surface area contributed by atoms with E-state index in [0.717, 1.165) is 0 Å². The monoisotopic (exact) mass is 178 g/mol. The zero-order valence-corrected chi connectivity index (χ0v) is 6.88. The second kappa shape index (κ2) is 4.15. The SMILES string of the molecule is CO[C@@H]1C[C@H](O)[C@H](O)[C@H](CO)O1. The van der Waals surface area contributed by atoms with Crippen molar-refractivity contribution in [2.24, 2.45) is 0 Å². The van der Waals surface area contributed by atoms with E-state index in [1.807, 2.05) is 0 Å². The van der Waals surface area contributed by atoms with E-state index in [1.54, 1.807) is 0 Å². The van der Waals surface area contributed by atoms with Crippen molar-refractivity contribution < 1.29 is 24.8 Å². The molecule has 1 heterocycles. The van der Waals surface area contributed by atoms with E-state index in [4.69, 9.17) is 14.6 Å². The average molecular weight is 178 g/mol. The minimum atomic E-state index is -1.03. The molecule has 1 saturated heterocycles. The maximum atomic E-state index is 9.26. The van der Waals surface area contributed by atoms with Crippen LogP contribution in [-0.2, 0) is 9.47 Å². The highest BCUT2D eigenvalue weighted by molar-refractivity contribution is 4.81. The molecule has 0 saturated carbocycles. The van der Waals surface area contributed by atoms with Gasteiger partial charge in [0, 0.05) is 13.5 Å². The summed E-state index contributed by atoms with van der Waals surface area (Å²) in [4.78, 5) is 0. The molecule has 0 spiro atoms. The Labute approximate surface area is 70.5 Å². The summed E-state index contributed by atoms with van der Waals surface area (Å²) in [5.74, 6) is 0. The normalized spacial score (nSPS) is 43.0. The quantitative estimate of drug-likeness (QED) is 0.477. The van der Waals surface area contributed by atoms with Gasteiger partial charge in [-0.3, -0.25) is 0 Å². The highest BCUT2D eigenvalue weighted by Crippen LogP contribution is 2.20. The van der Waals surface area contributed by atoms with Gasteiger partial charge in [-0.25, -0.2) is 0 Å². The highest BCUT2D eigenvalue weighted by atomic mass is 16.7. The predicted octanol–water partition coefficient (Wildman–Crippen LogP) is -1.54. The van der Waals surface area contributed by atoms with Crippen LogP contribution < -0.4 is 0 Å². The molecular weight excluding hydrogens is 164 g/mol. The number of ether oxygens (including phenoxy) is 2. The molecule has 4 atom stereocenters. The van der Waals surface area contributed by atoms with Crippen LogP contribution in [0.3, 0.4) is 0 Å². The minimum Gasteiger partial charge on any atom is -0.394 e. The summed E-state index contributed by atoms with van der Waals surface area (Å²) >= 11 is 0. The number of hydrogen-bond acceptors (Lipinski definition) is 5. The Hall–Kier alpha value is -0.200. The molecule has 0 aromatic rings. The van der Waals surface area contributed by atoms with Crippen molar-refractivity contribution in [1.82, 2.24) is 0 Å². The van der Waals surface area contributed by atoms with Gasteiger partial charge in [0.2, 0.25) is 0 Å². The highest BCUT2D eigenvalue weighted by Gasteiger charge is 2.36.